The number of aromatic nitrogens is 4. The van der Waals surface area contributed by atoms with E-state index in [1.807, 2.05) is 6.07 Å². The molecule has 19 heavy (non-hydrogen) atoms. The van der Waals surface area contributed by atoms with Crippen molar-refractivity contribution in [3.63, 3.8) is 0 Å². The zero-order valence-corrected chi connectivity index (χ0v) is 11.3. The molecule has 0 bridgehead atoms. The van der Waals surface area contributed by atoms with Crippen LogP contribution in [0.4, 0.5) is 4.39 Å². The molecular weight excluding hydrogens is 265 g/mol. The number of hydrogen-bond donors (Lipinski definition) is 1. The topological polar surface area (TPSA) is 69.6 Å². The van der Waals surface area contributed by atoms with Crippen molar-refractivity contribution in [2.24, 2.45) is 5.73 Å². The molecule has 1 aromatic carbocycles. The molecule has 0 amide bonds. The van der Waals surface area contributed by atoms with Crippen LogP contribution in [0.3, 0.4) is 0 Å². The molecule has 1 aliphatic rings. The van der Waals surface area contributed by atoms with Crippen LogP contribution in [0.15, 0.2) is 28.3 Å². The van der Waals surface area contributed by atoms with E-state index in [0.717, 1.165) is 17.7 Å². The lowest BCUT2D eigenvalue weighted by Crippen LogP contribution is -2.09. The fraction of sp³-hybridized carbons (Fsp3) is 0.417. The van der Waals surface area contributed by atoms with Gasteiger partial charge in [0.1, 0.15) is 5.82 Å². The van der Waals surface area contributed by atoms with E-state index in [1.165, 1.54) is 17.8 Å². The van der Waals surface area contributed by atoms with E-state index >= 15 is 0 Å². The Kier molecular flexibility index (Phi) is 3.24. The molecule has 5 nitrogen and oxygen atoms in total. The molecule has 1 saturated carbocycles. The summed E-state index contributed by atoms with van der Waals surface area (Å²) in [6, 6.07) is 4.97. The number of tetrazole rings is 1. The smallest absolute Gasteiger partial charge is 0.214 e. The highest BCUT2D eigenvalue weighted by Crippen LogP contribution is 2.39. The third kappa shape index (κ3) is 2.48. The van der Waals surface area contributed by atoms with Crippen molar-refractivity contribution in [1.29, 1.82) is 0 Å². The molecule has 0 aliphatic heterocycles. The minimum atomic E-state index is -0.367. The second kappa shape index (κ2) is 4.90. The number of nitrogens with two attached hydrogens (primary N) is 1. The molecule has 2 N–H and O–H groups in total. The number of hydrogen-bond acceptors (Lipinski definition) is 5. The Hall–Kier alpha value is -1.47. The van der Waals surface area contributed by atoms with Crippen molar-refractivity contribution in [2.75, 3.05) is 0 Å². The maximum Gasteiger partial charge on any atom is 0.214 e. The van der Waals surface area contributed by atoms with Crippen LogP contribution in [0, 0.1) is 5.82 Å². The second-order valence-electron chi connectivity index (χ2n) is 4.68. The van der Waals surface area contributed by atoms with Gasteiger partial charge in [0, 0.05) is 16.5 Å². The predicted molar refractivity (Wildman–Crippen MR) is 69.2 cm³/mol. The SMILES string of the molecule is C[C@@H](N)c1c(F)cccc1Sc1nnnn1C1CC1. The third-order valence-electron chi connectivity index (χ3n) is 3.02. The second-order valence-corrected chi connectivity index (χ2v) is 5.69. The quantitative estimate of drug-likeness (QED) is 0.930. The first kappa shape index (κ1) is 12.6. The average molecular weight is 279 g/mol. The molecule has 2 aromatic rings. The lowest BCUT2D eigenvalue weighted by Gasteiger charge is -2.12. The van der Waals surface area contributed by atoms with Crippen LogP contribution in [-0.4, -0.2) is 20.2 Å². The van der Waals surface area contributed by atoms with Gasteiger partial charge in [-0.2, -0.15) is 0 Å². The molecule has 1 fully saturated rings. The number of benzene rings is 1. The summed E-state index contributed by atoms with van der Waals surface area (Å²) in [5, 5.41) is 12.4. The molecule has 1 atom stereocenters. The first-order valence-electron chi connectivity index (χ1n) is 6.16. The Bertz CT molecular complexity index is 594. The summed E-state index contributed by atoms with van der Waals surface area (Å²) in [7, 11) is 0. The summed E-state index contributed by atoms with van der Waals surface area (Å²) in [4.78, 5) is 0.770. The summed E-state index contributed by atoms with van der Waals surface area (Å²) in [6.45, 7) is 1.77. The highest BCUT2D eigenvalue weighted by Gasteiger charge is 2.28. The van der Waals surface area contributed by atoms with E-state index in [-0.39, 0.29) is 11.9 Å². The summed E-state index contributed by atoms with van der Waals surface area (Å²) < 4.78 is 15.7. The minimum absolute atomic E-state index is 0.287. The van der Waals surface area contributed by atoms with Gasteiger partial charge in [0.05, 0.1) is 6.04 Å². The van der Waals surface area contributed by atoms with Gasteiger partial charge in [-0.1, -0.05) is 6.07 Å². The van der Waals surface area contributed by atoms with E-state index in [0.29, 0.717) is 16.8 Å². The Balaban J connectivity index is 1.94. The molecule has 3 rings (SSSR count). The Morgan fingerprint density at radius 2 is 2.26 bits per heavy atom. The van der Waals surface area contributed by atoms with Crippen LogP contribution in [0.5, 0.6) is 0 Å². The summed E-state index contributed by atoms with van der Waals surface area (Å²) in [5.74, 6) is -0.287. The fourth-order valence-electron chi connectivity index (χ4n) is 1.95. The monoisotopic (exact) mass is 279 g/mol. The van der Waals surface area contributed by atoms with Crippen LogP contribution in [0.25, 0.3) is 0 Å². The third-order valence-corrected chi connectivity index (χ3v) is 4.05. The molecule has 1 aliphatic carbocycles. The van der Waals surface area contributed by atoms with Crippen molar-refractivity contribution in [3.8, 4) is 0 Å². The summed E-state index contributed by atoms with van der Waals surface area (Å²) in [5.41, 5.74) is 6.35. The van der Waals surface area contributed by atoms with Crippen LogP contribution in [0.1, 0.15) is 37.4 Å². The average Bonchev–Trinajstić information content (AvgIpc) is 3.10. The van der Waals surface area contributed by atoms with Gasteiger partial charge in [0.15, 0.2) is 0 Å². The number of halogens is 1. The lowest BCUT2D eigenvalue weighted by atomic mass is 10.1. The molecule has 1 heterocycles. The van der Waals surface area contributed by atoms with Crippen LogP contribution in [-0.2, 0) is 0 Å². The van der Waals surface area contributed by atoms with Gasteiger partial charge in [-0.15, -0.1) is 5.10 Å². The number of rotatable bonds is 4. The normalized spacial score (nSPS) is 16.6. The maximum absolute atomic E-state index is 13.8. The van der Waals surface area contributed by atoms with Gasteiger partial charge in [-0.3, -0.25) is 0 Å². The first-order valence-corrected chi connectivity index (χ1v) is 6.98. The number of nitrogens with zero attached hydrogens (tertiary/aromatic N) is 4. The van der Waals surface area contributed by atoms with E-state index in [4.69, 9.17) is 5.73 Å². The van der Waals surface area contributed by atoms with Crippen molar-refractivity contribution in [3.05, 3.63) is 29.6 Å². The highest BCUT2D eigenvalue weighted by atomic mass is 32.2. The molecular formula is C12H14FN5S. The van der Waals surface area contributed by atoms with Gasteiger partial charge < -0.3 is 5.73 Å². The van der Waals surface area contributed by atoms with Crippen molar-refractivity contribution in [2.45, 2.75) is 41.9 Å². The standard InChI is InChI=1S/C12H14FN5S/c1-7(14)11-9(13)3-2-4-10(11)19-12-15-16-17-18(12)8-5-6-8/h2-4,7-8H,5-6,14H2,1H3/t7-/m1/s1. The molecule has 1 aromatic heterocycles. The van der Waals surface area contributed by atoms with Crippen LogP contribution < -0.4 is 5.73 Å². The fourth-order valence-corrected chi connectivity index (χ4v) is 3.04. The zero-order valence-electron chi connectivity index (χ0n) is 10.5. The van der Waals surface area contributed by atoms with Gasteiger partial charge in [0.25, 0.3) is 0 Å². The molecule has 0 spiro atoms. The summed E-state index contributed by atoms with van der Waals surface area (Å²) >= 11 is 1.37. The van der Waals surface area contributed by atoms with Crippen molar-refractivity contribution < 1.29 is 4.39 Å². The molecule has 0 unspecified atom stereocenters. The van der Waals surface area contributed by atoms with Crippen LogP contribution in [0.2, 0.25) is 0 Å². The van der Waals surface area contributed by atoms with E-state index in [2.05, 4.69) is 15.5 Å². The summed E-state index contributed by atoms with van der Waals surface area (Å²) in [6.07, 6.45) is 2.20. The van der Waals surface area contributed by atoms with E-state index in [9.17, 15) is 4.39 Å². The Morgan fingerprint density at radius 1 is 1.47 bits per heavy atom. The van der Waals surface area contributed by atoms with E-state index in [1.54, 1.807) is 17.7 Å². The van der Waals surface area contributed by atoms with E-state index < -0.39 is 0 Å². The lowest BCUT2D eigenvalue weighted by molar-refractivity contribution is 0.564. The zero-order chi connectivity index (χ0) is 13.4. The molecule has 0 saturated heterocycles. The van der Waals surface area contributed by atoms with Gasteiger partial charge in [0.2, 0.25) is 5.16 Å². The van der Waals surface area contributed by atoms with Crippen molar-refractivity contribution >= 4 is 11.8 Å². The highest BCUT2D eigenvalue weighted by molar-refractivity contribution is 7.99. The van der Waals surface area contributed by atoms with Crippen molar-refractivity contribution in [1.82, 2.24) is 20.2 Å². The largest absolute Gasteiger partial charge is 0.324 e. The minimum Gasteiger partial charge on any atom is -0.324 e. The molecule has 7 heteroatoms. The molecule has 0 radical (unpaired) electrons. The Labute approximate surface area is 114 Å². The van der Waals surface area contributed by atoms with Crippen LogP contribution >= 0.6 is 11.8 Å². The van der Waals surface area contributed by atoms with Gasteiger partial charge in [-0.05, 0) is 54.1 Å². The van der Waals surface area contributed by atoms with Gasteiger partial charge >= 0.3 is 0 Å². The first-order chi connectivity index (χ1) is 9.16. The maximum atomic E-state index is 13.8. The predicted octanol–water partition coefficient (Wildman–Crippen LogP) is 2.32. The Morgan fingerprint density at radius 3 is 2.95 bits per heavy atom. The van der Waals surface area contributed by atoms with Gasteiger partial charge in [-0.25, -0.2) is 9.07 Å². The molecule has 100 valence electrons.